The van der Waals surface area contributed by atoms with Crippen LogP contribution in [0, 0.1) is 53.8 Å². The van der Waals surface area contributed by atoms with Gasteiger partial charge in [-0.25, -0.2) is 4.98 Å². The number of rotatable bonds is 2. The molecule has 4 fully saturated rings. The minimum Gasteiger partial charge on any atom is -0.315 e. The first-order valence-electron chi connectivity index (χ1n) is 13.8. The first kappa shape index (κ1) is 21.2. The van der Waals surface area contributed by atoms with Crippen LogP contribution in [0.5, 0.6) is 0 Å². The van der Waals surface area contributed by atoms with Gasteiger partial charge in [0.15, 0.2) is 0 Å². The van der Waals surface area contributed by atoms with E-state index in [1.807, 2.05) is 0 Å². The number of anilines is 1. The Morgan fingerprint density at radius 3 is 2.75 bits per heavy atom. The standard InChI is InChI=1S/C28H43N3O/c1-17-7-9-20-19(16-17)8-10-22-21(20)13-14-28(3)23(22)11-12-24(28)27(32)30-26-18(2)29-25-6-4-5-15-31(25)26/h17,19-24H,4-16H2,1-3H3,(H,30,32). The number of hydrogen-bond donors (Lipinski definition) is 1. The molecule has 0 aromatic carbocycles. The minimum absolute atomic E-state index is 0.173. The molecule has 0 bridgehead atoms. The van der Waals surface area contributed by atoms with Gasteiger partial charge in [0, 0.05) is 18.9 Å². The summed E-state index contributed by atoms with van der Waals surface area (Å²) in [6.45, 7) is 8.02. The molecule has 0 saturated heterocycles. The third kappa shape index (κ3) is 3.21. The minimum atomic E-state index is 0.173. The molecule has 6 rings (SSSR count). The summed E-state index contributed by atoms with van der Waals surface area (Å²) >= 11 is 0. The van der Waals surface area contributed by atoms with E-state index in [0.29, 0.717) is 0 Å². The normalized spacial score (nSPS) is 43.0. The van der Waals surface area contributed by atoms with Crippen LogP contribution < -0.4 is 5.32 Å². The molecule has 1 amide bonds. The molecular formula is C28H43N3O. The highest BCUT2D eigenvalue weighted by molar-refractivity contribution is 5.93. The van der Waals surface area contributed by atoms with Gasteiger partial charge in [-0.3, -0.25) is 4.79 Å². The zero-order chi connectivity index (χ0) is 22.0. The summed E-state index contributed by atoms with van der Waals surface area (Å²) in [6, 6.07) is 0. The fourth-order valence-corrected chi connectivity index (χ4v) is 9.50. The third-order valence-electron chi connectivity index (χ3n) is 11.0. The van der Waals surface area contributed by atoms with E-state index < -0.39 is 0 Å². The van der Waals surface area contributed by atoms with Crippen LogP contribution in [-0.2, 0) is 17.8 Å². The summed E-state index contributed by atoms with van der Waals surface area (Å²) in [5.41, 5.74) is 1.20. The topological polar surface area (TPSA) is 46.9 Å². The van der Waals surface area contributed by atoms with Gasteiger partial charge in [0.2, 0.25) is 5.91 Å². The Hall–Kier alpha value is -1.32. The number of nitrogens with one attached hydrogen (secondary N) is 1. The van der Waals surface area contributed by atoms with E-state index in [9.17, 15) is 4.79 Å². The van der Waals surface area contributed by atoms with E-state index in [1.165, 1.54) is 70.0 Å². The molecule has 1 aromatic rings. The summed E-state index contributed by atoms with van der Waals surface area (Å²) in [5, 5.41) is 3.40. The Bertz CT molecular complexity index is 889. The van der Waals surface area contributed by atoms with Gasteiger partial charge >= 0.3 is 0 Å². The van der Waals surface area contributed by atoms with Crippen LogP contribution in [0.2, 0.25) is 0 Å². The van der Waals surface area contributed by atoms with Crippen LogP contribution in [0.25, 0.3) is 0 Å². The van der Waals surface area contributed by atoms with E-state index in [2.05, 4.69) is 30.7 Å². The second kappa shape index (κ2) is 7.87. The van der Waals surface area contributed by atoms with E-state index in [-0.39, 0.29) is 17.2 Å². The third-order valence-corrected chi connectivity index (χ3v) is 11.0. The summed E-state index contributed by atoms with van der Waals surface area (Å²) in [7, 11) is 0. The van der Waals surface area contributed by atoms with Crippen LogP contribution >= 0.6 is 0 Å². The smallest absolute Gasteiger partial charge is 0.229 e. The largest absolute Gasteiger partial charge is 0.315 e. The van der Waals surface area contributed by atoms with Crippen LogP contribution in [0.3, 0.4) is 0 Å². The molecule has 5 aliphatic rings. The molecule has 4 heteroatoms. The Morgan fingerprint density at radius 1 is 1.03 bits per heavy atom. The number of aromatic nitrogens is 2. The highest BCUT2D eigenvalue weighted by Crippen LogP contribution is 2.64. The molecule has 1 aliphatic heterocycles. The number of carbonyl (C=O) groups excluding carboxylic acids is 1. The Labute approximate surface area is 194 Å². The van der Waals surface area contributed by atoms with Crippen molar-refractivity contribution in [2.75, 3.05) is 5.32 Å². The maximum atomic E-state index is 13.7. The molecule has 32 heavy (non-hydrogen) atoms. The molecular weight excluding hydrogens is 394 g/mol. The van der Waals surface area contributed by atoms with Gasteiger partial charge in [-0.15, -0.1) is 0 Å². The van der Waals surface area contributed by atoms with Crippen molar-refractivity contribution in [3.05, 3.63) is 11.5 Å². The molecule has 0 radical (unpaired) electrons. The average Bonchev–Trinajstić information content (AvgIpc) is 3.30. The predicted octanol–water partition coefficient (Wildman–Crippen LogP) is 6.37. The van der Waals surface area contributed by atoms with E-state index in [0.717, 1.165) is 66.4 Å². The Morgan fingerprint density at radius 2 is 1.88 bits per heavy atom. The zero-order valence-electron chi connectivity index (χ0n) is 20.5. The van der Waals surface area contributed by atoms with Gasteiger partial charge < -0.3 is 9.88 Å². The van der Waals surface area contributed by atoms with Crippen molar-refractivity contribution in [1.82, 2.24) is 9.55 Å². The molecule has 4 nitrogen and oxygen atoms in total. The van der Waals surface area contributed by atoms with Crippen molar-refractivity contribution < 1.29 is 4.79 Å². The lowest BCUT2D eigenvalue weighted by Gasteiger charge is -2.56. The van der Waals surface area contributed by atoms with Gasteiger partial charge in [0.1, 0.15) is 11.6 Å². The van der Waals surface area contributed by atoms with Gasteiger partial charge in [-0.1, -0.05) is 20.3 Å². The van der Waals surface area contributed by atoms with Crippen LogP contribution in [-0.4, -0.2) is 15.5 Å². The lowest BCUT2D eigenvalue weighted by Crippen LogP contribution is -2.49. The van der Waals surface area contributed by atoms with Crippen molar-refractivity contribution in [2.24, 2.45) is 46.8 Å². The highest BCUT2D eigenvalue weighted by atomic mass is 16.2. The monoisotopic (exact) mass is 437 g/mol. The molecule has 176 valence electrons. The zero-order valence-corrected chi connectivity index (χ0v) is 20.5. The molecule has 8 unspecified atom stereocenters. The average molecular weight is 438 g/mol. The Balaban J connectivity index is 1.20. The van der Waals surface area contributed by atoms with E-state index >= 15 is 0 Å². The molecule has 4 saturated carbocycles. The SMILES string of the molecule is Cc1nc2n(c1NC(=O)C1CCC3C4CCC5CC(C)CCC5C4CCC13C)CCCC2. The maximum Gasteiger partial charge on any atom is 0.229 e. The number of amides is 1. The molecule has 4 aliphatic carbocycles. The predicted molar refractivity (Wildman–Crippen MR) is 128 cm³/mol. The molecule has 1 aromatic heterocycles. The van der Waals surface area contributed by atoms with Crippen molar-refractivity contribution in [3.63, 3.8) is 0 Å². The number of nitrogens with zero attached hydrogens (tertiary/aromatic N) is 2. The summed E-state index contributed by atoms with van der Waals surface area (Å²) in [5.74, 6) is 8.13. The quantitative estimate of drug-likeness (QED) is 0.584. The number of imidazole rings is 1. The number of carbonyl (C=O) groups is 1. The summed E-state index contributed by atoms with van der Waals surface area (Å²) in [6.07, 6.45) is 15.8. The fourth-order valence-electron chi connectivity index (χ4n) is 9.50. The van der Waals surface area contributed by atoms with Crippen molar-refractivity contribution in [1.29, 1.82) is 0 Å². The molecule has 2 heterocycles. The van der Waals surface area contributed by atoms with Gasteiger partial charge in [-0.2, -0.15) is 0 Å². The molecule has 0 spiro atoms. The second-order valence-corrected chi connectivity index (χ2v) is 12.6. The second-order valence-electron chi connectivity index (χ2n) is 12.6. The van der Waals surface area contributed by atoms with Crippen LogP contribution in [0.1, 0.15) is 96.0 Å². The Kier molecular flexibility index (Phi) is 5.22. The van der Waals surface area contributed by atoms with Crippen molar-refractivity contribution in [3.8, 4) is 0 Å². The molecule has 1 N–H and O–H groups in total. The van der Waals surface area contributed by atoms with Crippen LogP contribution in [0.15, 0.2) is 0 Å². The lowest BCUT2D eigenvalue weighted by molar-refractivity contribution is -0.127. The first-order chi connectivity index (χ1) is 15.5. The summed E-state index contributed by atoms with van der Waals surface area (Å²) in [4.78, 5) is 18.5. The highest BCUT2D eigenvalue weighted by Gasteiger charge is 2.58. The summed E-state index contributed by atoms with van der Waals surface area (Å²) < 4.78 is 2.29. The van der Waals surface area contributed by atoms with Crippen molar-refractivity contribution in [2.45, 2.75) is 104 Å². The number of hydrogen-bond acceptors (Lipinski definition) is 2. The van der Waals surface area contributed by atoms with E-state index in [1.54, 1.807) is 0 Å². The van der Waals surface area contributed by atoms with Crippen molar-refractivity contribution >= 4 is 11.7 Å². The number of aryl methyl sites for hydroxylation is 2. The van der Waals surface area contributed by atoms with Crippen LogP contribution in [0.4, 0.5) is 5.82 Å². The number of fused-ring (bicyclic) bond motifs is 6. The van der Waals surface area contributed by atoms with E-state index in [4.69, 9.17) is 4.98 Å². The van der Waals surface area contributed by atoms with Gasteiger partial charge in [-0.05, 0) is 112 Å². The molecule has 8 atom stereocenters. The fraction of sp³-hybridized carbons (Fsp3) is 0.857. The van der Waals surface area contributed by atoms with Gasteiger partial charge in [0.25, 0.3) is 0 Å². The maximum absolute atomic E-state index is 13.7. The lowest BCUT2D eigenvalue weighted by atomic mass is 9.49. The first-order valence-corrected chi connectivity index (χ1v) is 13.8. The van der Waals surface area contributed by atoms with Gasteiger partial charge in [0.05, 0.1) is 5.69 Å².